The summed E-state index contributed by atoms with van der Waals surface area (Å²) in [4.78, 5) is 58.4. The molecule has 13 heteroatoms. The van der Waals surface area contributed by atoms with Crippen molar-refractivity contribution < 1.29 is 57.9 Å². The molecule has 1 aromatic heterocycles. The Balaban J connectivity index is 0.00000576. The van der Waals surface area contributed by atoms with Gasteiger partial charge in [0.15, 0.2) is 0 Å². The number of methoxy groups -OCH3 is 4. The molecular formula is C52H36N4O8Zn. The molecule has 0 atom stereocenters. The molecule has 0 amide bonds. The molecule has 0 unspecified atom stereocenters. The number of carbonyl (C=O) groups excluding carboxylic acids is 3. The van der Waals surface area contributed by atoms with E-state index in [4.69, 9.17) is 38.9 Å². The van der Waals surface area contributed by atoms with Crippen LogP contribution < -0.4 is 20.5 Å². The van der Waals surface area contributed by atoms with Gasteiger partial charge in [-0.3, -0.25) is 0 Å². The summed E-state index contributed by atoms with van der Waals surface area (Å²) in [7, 11) is 5.35. The maximum atomic E-state index is 12.5. The van der Waals surface area contributed by atoms with Crippen LogP contribution in [0.4, 0.5) is 0 Å². The molecule has 0 spiro atoms. The standard InChI is InChI=1S/C52H38N4O8.Zn/c1-61-49(57)33-13-5-29(6-14-33)45-37-21-23-39(53-37)46(30-7-15-34(16-8-30)50(58)62-2)41-25-27-43(55-41)48(32-11-19-36(20-12-32)52(60)64-4)44-28-26-42(56-44)47(40-24-22-38(45)54-40)31-9-17-35(18-10-31)51(59)63-3;/h5-28H,1-4H3,(H2,53,54,55,56,57,58,59,60);/q;+2/p-2. The second-order valence-electron chi connectivity index (χ2n) is 14.6. The van der Waals surface area contributed by atoms with Gasteiger partial charge in [-0.05, 0) is 118 Å². The van der Waals surface area contributed by atoms with Gasteiger partial charge in [0.2, 0.25) is 0 Å². The van der Waals surface area contributed by atoms with Crippen molar-refractivity contribution in [3.8, 4) is 0 Å². The molecule has 0 saturated heterocycles. The minimum absolute atomic E-state index is 0. The van der Waals surface area contributed by atoms with Crippen molar-refractivity contribution in [1.82, 2.24) is 4.98 Å². The summed E-state index contributed by atoms with van der Waals surface area (Å²) >= 11 is 0. The third-order valence-corrected chi connectivity index (χ3v) is 11.0. The molecule has 0 fully saturated rings. The van der Waals surface area contributed by atoms with Crippen LogP contribution in [0, 0.1) is 0 Å². The molecule has 65 heavy (non-hydrogen) atoms. The molecule has 4 aliphatic heterocycles. The molecule has 4 aliphatic rings. The number of aliphatic imine (C=N–C) groups is 3. The Morgan fingerprint density at radius 2 is 0.785 bits per heavy atom. The quantitative estimate of drug-likeness (QED) is 0.110. The summed E-state index contributed by atoms with van der Waals surface area (Å²) in [5.74, 6) is -1.86. The molecule has 5 aromatic rings. The number of hydrogen-bond acceptors (Lipinski definition) is 11. The number of esters is 3. The fraction of sp³-hybridized carbons (Fsp3) is 0.0769. The van der Waals surface area contributed by atoms with E-state index < -0.39 is 23.9 Å². The topological polar surface area (TPSA) is 162 Å². The summed E-state index contributed by atoms with van der Waals surface area (Å²) in [6, 6.07) is 32.1. The van der Waals surface area contributed by atoms with Crippen LogP contribution in [0.25, 0.3) is 28.2 Å². The fourth-order valence-electron chi connectivity index (χ4n) is 7.83. The Labute approximate surface area is 385 Å². The molecule has 0 radical (unpaired) electrons. The molecule has 0 aliphatic carbocycles. The maximum absolute atomic E-state index is 12.5. The van der Waals surface area contributed by atoms with Crippen LogP contribution in [0.1, 0.15) is 59.2 Å². The molecule has 0 N–H and O–H groups in total. The van der Waals surface area contributed by atoms with Crippen LogP contribution in [0.2, 0.25) is 0 Å². The van der Waals surface area contributed by atoms with Crippen molar-refractivity contribution in [3.05, 3.63) is 218 Å². The van der Waals surface area contributed by atoms with Crippen molar-refractivity contribution in [2.45, 2.75) is 0 Å². The van der Waals surface area contributed by atoms with E-state index in [2.05, 4.69) is 0 Å². The number of hydrogen-bond donors (Lipinski definition) is 0. The third-order valence-electron chi connectivity index (χ3n) is 11.0. The summed E-state index contributed by atoms with van der Waals surface area (Å²) in [5.41, 5.74) is 11.0. The fourth-order valence-corrected chi connectivity index (χ4v) is 7.83. The number of carbonyl (C=O) groups is 3. The number of allylic oxidation sites excluding steroid dienone is 8. The van der Waals surface area contributed by atoms with Gasteiger partial charge in [-0.25, -0.2) is 29.4 Å². The van der Waals surface area contributed by atoms with E-state index >= 15 is 0 Å². The first-order valence-electron chi connectivity index (χ1n) is 20.0. The van der Waals surface area contributed by atoms with Gasteiger partial charge in [-0.1, -0.05) is 72.8 Å². The van der Waals surface area contributed by atoms with Crippen molar-refractivity contribution in [2.24, 2.45) is 15.0 Å². The number of rotatable bonds is 7. The number of fused-ring (bicyclic) bond motifs is 5. The molecule has 8 bridgehead atoms. The Morgan fingerprint density at radius 1 is 0.431 bits per heavy atom. The minimum Gasteiger partial charge on any atom is -0.657 e. The van der Waals surface area contributed by atoms with Crippen LogP contribution in [0.15, 0.2) is 178 Å². The molecule has 9 rings (SSSR count). The van der Waals surface area contributed by atoms with Gasteiger partial charge < -0.3 is 29.0 Å². The number of nitrogens with zero attached hydrogens (tertiary/aromatic N) is 4. The first-order valence-corrected chi connectivity index (χ1v) is 20.0. The van der Waals surface area contributed by atoms with Crippen molar-refractivity contribution in [3.63, 3.8) is 0 Å². The SMILES string of the molecule is COC(=O)c1ccc(C2=C3C=CC(=N3)C(c3ccc(C(=O)OC)cc3)=C3C=CC(=N3)C(=c3ccc(=C([O-])OC)cc3)c3ccc([n-]3)C(c3ccc(C(=O)OC)cc3)=C3C=CC2=N3)cc1.[Zn+2]. The van der Waals surface area contributed by atoms with Gasteiger partial charge in [0.25, 0.3) is 0 Å². The van der Waals surface area contributed by atoms with Crippen molar-refractivity contribution in [1.29, 1.82) is 0 Å². The number of ether oxygens (including phenoxy) is 4. The van der Waals surface area contributed by atoms with E-state index in [0.29, 0.717) is 89.8 Å². The van der Waals surface area contributed by atoms with E-state index in [1.807, 2.05) is 97.1 Å². The predicted molar refractivity (Wildman–Crippen MR) is 241 cm³/mol. The van der Waals surface area contributed by atoms with E-state index in [1.54, 1.807) is 48.5 Å². The molecule has 5 heterocycles. The van der Waals surface area contributed by atoms with Gasteiger partial charge >= 0.3 is 37.4 Å². The zero-order valence-corrected chi connectivity index (χ0v) is 38.6. The van der Waals surface area contributed by atoms with Crippen LogP contribution >= 0.6 is 0 Å². The largest absolute Gasteiger partial charge is 2.00 e. The summed E-state index contributed by atoms with van der Waals surface area (Å²) in [6.07, 6.45) is 11.5. The van der Waals surface area contributed by atoms with Gasteiger partial charge in [0.1, 0.15) is 0 Å². The van der Waals surface area contributed by atoms with E-state index in [0.717, 1.165) is 21.9 Å². The second-order valence-corrected chi connectivity index (χ2v) is 14.6. The Hall–Kier alpha value is -8.02. The molecule has 314 valence electrons. The van der Waals surface area contributed by atoms with Crippen molar-refractivity contribution >= 4 is 63.3 Å². The van der Waals surface area contributed by atoms with Crippen molar-refractivity contribution in [2.75, 3.05) is 28.4 Å². The van der Waals surface area contributed by atoms with E-state index in [9.17, 15) is 19.5 Å². The first kappa shape index (κ1) is 43.6. The number of aromatic nitrogens is 1. The number of benzene rings is 4. The summed E-state index contributed by atoms with van der Waals surface area (Å²) < 4.78 is 19.9. The van der Waals surface area contributed by atoms with E-state index in [-0.39, 0.29) is 19.5 Å². The van der Waals surface area contributed by atoms with Gasteiger partial charge in [-0.2, -0.15) is 0 Å². The van der Waals surface area contributed by atoms with Crippen LogP contribution in [-0.2, 0) is 38.4 Å². The maximum Gasteiger partial charge on any atom is 2.00 e. The van der Waals surface area contributed by atoms with Crippen LogP contribution in [0.3, 0.4) is 0 Å². The zero-order chi connectivity index (χ0) is 44.5. The van der Waals surface area contributed by atoms with Gasteiger partial charge in [0.05, 0.1) is 78.2 Å². The Bertz CT molecular complexity index is 3210. The predicted octanol–water partition coefficient (Wildman–Crippen LogP) is 5.90. The second kappa shape index (κ2) is 18.4. The molecular weight excluding hydrogens is 874 g/mol. The average molecular weight is 910 g/mol. The van der Waals surface area contributed by atoms with E-state index in [1.165, 1.54) is 28.4 Å². The van der Waals surface area contributed by atoms with Crippen LogP contribution in [0.5, 0.6) is 0 Å². The average Bonchev–Trinajstić information content (AvgIpc) is 4.20. The molecule has 4 aromatic carbocycles. The summed E-state index contributed by atoms with van der Waals surface area (Å²) in [6.45, 7) is 0. The summed E-state index contributed by atoms with van der Waals surface area (Å²) in [5, 5.41) is 13.6. The molecule has 12 nitrogen and oxygen atoms in total. The normalized spacial score (nSPS) is 14.8. The minimum atomic E-state index is -0.464. The van der Waals surface area contributed by atoms with Crippen LogP contribution in [-0.4, -0.2) is 63.5 Å². The first-order chi connectivity index (χ1) is 31.2. The van der Waals surface area contributed by atoms with Gasteiger partial charge in [0, 0.05) is 11.1 Å². The Kier molecular flexibility index (Phi) is 12.3. The zero-order valence-electron chi connectivity index (χ0n) is 35.6. The molecule has 0 saturated carbocycles. The third kappa shape index (κ3) is 8.33. The Morgan fingerprint density at radius 3 is 1.17 bits per heavy atom. The monoisotopic (exact) mass is 908 g/mol. The smallest absolute Gasteiger partial charge is 0.657 e. The van der Waals surface area contributed by atoms with Gasteiger partial charge in [-0.15, -0.1) is 11.4 Å².